The highest BCUT2D eigenvalue weighted by molar-refractivity contribution is 5.92. The van der Waals surface area contributed by atoms with Crippen molar-refractivity contribution in [2.75, 3.05) is 13.7 Å². The molecule has 11 nitrogen and oxygen atoms in total. The number of nitrogens with two attached hydrogens (primary N) is 1. The summed E-state index contributed by atoms with van der Waals surface area (Å²) < 4.78 is 5.53. The maximum atomic E-state index is 12.8. The molecule has 0 saturated heterocycles. The number of hydrogen-bond acceptors (Lipinski definition) is 8. The van der Waals surface area contributed by atoms with E-state index in [1.165, 1.54) is 25.2 Å². The lowest BCUT2D eigenvalue weighted by Crippen LogP contribution is -2.47. The third-order valence-electron chi connectivity index (χ3n) is 5.57. The Bertz CT molecular complexity index is 993. The van der Waals surface area contributed by atoms with Crippen LogP contribution in [-0.4, -0.2) is 59.6 Å². The van der Waals surface area contributed by atoms with Crippen molar-refractivity contribution in [1.82, 2.24) is 15.7 Å². The predicted octanol–water partition coefficient (Wildman–Crippen LogP) is 2.67. The molecule has 36 heavy (non-hydrogen) atoms. The fourth-order valence-corrected chi connectivity index (χ4v) is 3.69. The van der Waals surface area contributed by atoms with E-state index in [0.717, 1.165) is 19.3 Å². The first kappa shape index (κ1) is 30.3. The van der Waals surface area contributed by atoms with Gasteiger partial charge in [0.15, 0.2) is 12.0 Å². The molecule has 0 bridgehead atoms. The topological polar surface area (TPSA) is 175 Å². The molecule has 0 spiro atoms. The summed E-state index contributed by atoms with van der Waals surface area (Å²) in [6, 6.07) is 6.71. The van der Waals surface area contributed by atoms with Crippen LogP contribution >= 0.6 is 0 Å². The number of aromatic hydroxyl groups is 1. The molecule has 2 aromatic rings. The van der Waals surface area contributed by atoms with E-state index in [9.17, 15) is 29.5 Å². The number of nitrogens with one attached hydrogen (secondary N) is 2. The van der Waals surface area contributed by atoms with E-state index >= 15 is 0 Å². The molecule has 3 amide bonds. The highest BCUT2D eigenvalue weighted by Gasteiger charge is 2.30. The molecular weight excluding hydrogens is 468 g/mol. The standard InChI is InChI=1S/C24H31N3O7.CH5N/c1-3-5-6-7-18(19(4-2)27(33)15-29)23(31)25-14-26-24(32)22-11-10-21(34-22)16-8-9-17(13-28)20(30)12-16;1-2/h8-13,15,18-19,30,33H,3-7,14H2,1-2H3,(H,25,31)(H,26,32);2H2,1H3. The fourth-order valence-electron chi connectivity index (χ4n) is 3.69. The van der Waals surface area contributed by atoms with E-state index in [2.05, 4.69) is 16.4 Å². The molecule has 6 N–H and O–H groups in total. The number of amides is 3. The summed E-state index contributed by atoms with van der Waals surface area (Å²) >= 11 is 0. The molecule has 2 atom stereocenters. The molecule has 0 saturated carbocycles. The molecule has 0 aliphatic carbocycles. The maximum absolute atomic E-state index is 12.8. The first-order valence-corrected chi connectivity index (χ1v) is 11.8. The van der Waals surface area contributed by atoms with Crippen LogP contribution in [0.4, 0.5) is 0 Å². The highest BCUT2D eigenvalue weighted by Crippen LogP contribution is 2.27. The van der Waals surface area contributed by atoms with E-state index in [-0.39, 0.29) is 36.1 Å². The number of hydrogen-bond donors (Lipinski definition) is 5. The number of nitrogens with zero attached hydrogens (tertiary/aromatic N) is 1. The van der Waals surface area contributed by atoms with Gasteiger partial charge in [-0.2, -0.15) is 0 Å². The first-order valence-electron chi connectivity index (χ1n) is 11.8. The van der Waals surface area contributed by atoms with Crippen LogP contribution in [0.5, 0.6) is 5.75 Å². The molecule has 1 aromatic carbocycles. The van der Waals surface area contributed by atoms with Crippen molar-refractivity contribution >= 4 is 24.5 Å². The van der Waals surface area contributed by atoms with Gasteiger partial charge in [-0.3, -0.25) is 24.4 Å². The van der Waals surface area contributed by atoms with Gasteiger partial charge in [0.05, 0.1) is 24.2 Å². The van der Waals surface area contributed by atoms with Crippen LogP contribution in [0.1, 0.15) is 66.9 Å². The van der Waals surface area contributed by atoms with Crippen molar-refractivity contribution < 1.29 is 33.9 Å². The van der Waals surface area contributed by atoms with Gasteiger partial charge in [-0.25, -0.2) is 5.06 Å². The van der Waals surface area contributed by atoms with Crippen LogP contribution in [0, 0.1) is 5.92 Å². The van der Waals surface area contributed by atoms with Gasteiger partial charge in [-0.05, 0) is 44.2 Å². The normalized spacial score (nSPS) is 11.9. The predicted molar refractivity (Wildman–Crippen MR) is 133 cm³/mol. The Morgan fingerprint density at radius 1 is 1.11 bits per heavy atom. The van der Waals surface area contributed by atoms with Gasteiger partial charge in [0.25, 0.3) is 5.91 Å². The van der Waals surface area contributed by atoms with E-state index in [1.807, 2.05) is 6.92 Å². The number of phenols is 1. The van der Waals surface area contributed by atoms with Crippen molar-refractivity contribution in [2.45, 2.75) is 52.0 Å². The zero-order valence-electron chi connectivity index (χ0n) is 20.9. The molecular formula is C25H36N4O7. The number of aldehydes is 1. The molecule has 2 unspecified atom stereocenters. The van der Waals surface area contributed by atoms with E-state index in [4.69, 9.17) is 4.42 Å². The molecule has 11 heteroatoms. The second-order valence-electron chi connectivity index (χ2n) is 7.84. The van der Waals surface area contributed by atoms with Crippen LogP contribution < -0.4 is 16.4 Å². The van der Waals surface area contributed by atoms with Crippen molar-refractivity contribution in [3.63, 3.8) is 0 Å². The molecule has 1 heterocycles. The van der Waals surface area contributed by atoms with Gasteiger partial charge in [-0.1, -0.05) is 39.2 Å². The summed E-state index contributed by atoms with van der Waals surface area (Å²) in [6.07, 6.45) is 4.35. The van der Waals surface area contributed by atoms with E-state index in [1.54, 1.807) is 19.1 Å². The Morgan fingerprint density at radius 3 is 2.42 bits per heavy atom. The molecule has 1 aromatic heterocycles. The second-order valence-corrected chi connectivity index (χ2v) is 7.84. The van der Waals surface area contributed by atoms with Crippen molar-refractivity contribution in [2.24, 2.45) is 11.7 Å². The summed E-state index contributed by atoms with van der Waals surface area (Å²) in [5.74, 6) is -1.45. The van der Waals surface area contributed by atoms with Gasteiger partial charge < -0.3 is 25.9 Å². The van der Waals surface area contributed by atoms with Crippen molar-refractivity contribution in [1.29, 1.82) is 0 Å². The average molecular weight is 505 g/mol. The third-order valence-corrected chi connectivity index (χ3v) is 5.57. The SMILES string of the molecule is CCCCCC(C(=O)NCNC(=O)c1ccc(-c2ccc(C=O)c(O)c2)o1)C(CC)N(O)C=O.CN. The van der Waals surface area contributed by atoms with Crippen LogP contribution in [0.3, 0.4) is 0 Å². The lowest BCUT2D eigenvalue weighted by atomic mass is 9.90. The van der Waals surface area contributed by atoms with E-state index in [0.29, 0.717) is 35.5 Å². The van der Waals surface area contributed by atoms with Crippen LogP contribution in [0.25, 0.3) is 11.3 Å². The lowest BCUT2D eigenvalue weighted by molar-refractivity contribution is -0.168. The van der Waals surface area contributed by atoms with Crippen molar-refractivity contribution in [3.8, 4) is 17.1 Å². The Morgan fingerprint density at radius 2 is 1.83 bits per heavy atom. The van der Waals surface area contributed by atoms with Gasteiger partial charge >= 0.3 is 0 Å². The number of unbranched alkanes of at least 4 members (excludes halogenated alkanes) is 2. The van der Waals surface area contributed by atoms with Gasteiger partial charge in [0, 0.05) is 5.56 Å². The minimum atomic E-state index is -0.667. The fraction of sp³-hybridized carbons (Fsp3) is 0.440. The number of furan rings is 1. The minimum Gasteiger partial charge on any atom is -0.507 e. The maximum Gasteiger partial charge on any atom is 0.288 e. The second kappa shape index (κ2) is 16.1. The highest BCUT2D eigenvalue weighted by atomic mass is 16.5. The Kier molecular flexibility index (Phi) is 13.5. The summed E-state index contributed by atoms with van der Waals surface area (Å²) in [6.45, 7) is 3.64. The van der Waals surface area contributed by atoms with Gasteiger partial charge in [0.1, 0.15) is 11.5 Å². The van der Waals surface area contributed by atoms with Gasteiger partial charge in [-0.15, -0.1) is 0 Å². The van der Waals surface area contributed by atoms with Crippen LogP contribution in [0.15, 0.2) is 34.7 Å². The zero-order valence-corrected chi connectivity index (χ0v) is 20.9. The quantitative estimate of drug-likeness (QED) is 0.0857. The number of carbonyl (C=O) groups is 4. The number of carbonyl (C=O) groups excluding carboxylic acids is 4. The smallest absolute Gasteiger partial charge is 0.288 e. The summed E-state index contributed by atoms with van der Waals surface area (Å²) in [7, 11) is 1.50. The number of benzene rings is 1. The Balaban J connectivity index is 0.00000316. The molecule has 198 valence electrons. The third kappa shape index (κ3) is 8.51. The molecule has 0 radical (unpaired) electrons. The van der Waals surface area contributed by atoms with Crippen LogP contribution in [-0.2, 0) is 9.59 Å². The number of rotatable bonds is 14. The number of phenolic OH excluding ortho intramolecular Hbond substituents is 1. The Labute approximate surface area is 210 Å². The number of hydroxylamine groups is 2. The van der Waals surface area contributed by atoms with Crippen molar-refractivity contribution in [3.05, 3.63) is 41.7 Å². The zero-order chi connectivity index (χ0) is 27.1. The Hall–Kier alpha value is -3.70. The molecule has 2 rings (SSSR count). The van der Waals surface area contributed by atoms with E-state index < -0.39 is 17.9 Å². The van der Waals surface area contributed by atoms with Crippen LogP contribution in [0.2, 0.25) is 0 Å². The lowest BCUT2D eigenvalue weighted by Gasteiger charge is -2.29. The minimum absolute atomic E-state index is 0.00313. The summed E-state index contributed by atoms with van der Waals surface area (Å²) in [5.41, 5.74) is 5.12. The monoisotopic (exact) mass is 504 g/mol. The largest absolute Gasteiger partial charge is 0.507 e. The first-order chi connectivity index (χ1) is 17.4. The average Bonchev–Trinajstić information content (AvgIpc) is 3.39. The molecule has 0 aliphatic heterocycles. The summed E-state index contributed by atoms with van der Waals surface area (Å²) in [4.78, 5) is 47.0. The molecule has 0 fully saturated rings. The summed E-state index contributed by atoms with van der Waals surface area (Å²) in [5, 5.41) is 25.4. The van der Waals surface area contributed by atoms with Gasteiger partial charge in [0.2, 0.25) is 12.3 Å². The molecule has 0 aliphatic rings.